The van der Waals surface area contributed by atoms with Gasteiger partial charge in [-0.25, -0.2) is 0 Å². The summed E-state index contributed by atoms with van der Waals surface area (Å²) in [6.45, 7) is 0. The Balaban J connectivity index is 2.19. The quantitative estimate of drug-likeness (QED) is 0.410. The Morgan fingerprint density at radius 2 is 1.90 bits per heavy atom. The zero-order valence-corrected chi connectivity index (χ0v) is 5.77. The predicted octanol–water partition coefficient (Wildman–Crippen LogP) is -0.925. The van der Waals surface area contributed by atoms with E-state index in [1.165, 1.54) is 0 Å². The van der Waals surface area contributed by atoms with Gasteiger partial charge in [0.25, 0.3) is 0 Å². The number of nitrogens with two attached hydrogens (primary N) is 1. The van der Waals surface area contributed by atoms with Crippen LogP contribution in [0.4, 0.5) is 0 Å². The standard InChI is InChI=1S/C7H13NO2/c8-4-1-3-2-5(9)6(4)7(3)10/h3-7,9-10H,1-2,8H2. The highest BCUT2D eigenvalue weighted by atomic mass is 16.3. The van der Waals surface area contributed by atoms with Crippen molar-refractivity contribution in [3.63, 3.8) is 0 Å². The van der Waals surface area contributed by atoms with Gasteiger partial charge in [-0.1, -0.05) is 0 Å². The van der Waals surface area contributed by atoms with Crippen molar-refractivity contribution in [2.45, 2.75) is 31.1 Å². The van der Waals surface area contributed by atoms with Crippen LogP contribution in [-0.2, 0) is 0 Å². The van der Waals surface area contributed by atoms with Gasteiger partial charge in [-0.3, -0.25) is 0 Å². The molecule has 0 amide bonds. The van der Waals surface area contributed by atoms with E-state index < -0.39 is 0 Å². The minimum absolute atomic E-state index is 0.0312. The highest BCUT2D eigenvalue weighted by molar-refractivity contribution is 5.03. The summed E-state index contributed by atoms with van der Waals surface area (Å²) in [5.41, 5.74) is 5.68. The molecule has 0 aromatic carbocycles. The summed E-state index contributed by atoms with van der Waals surface area (Å²) < 4.78 is 0. The van der Waals surface area contributed by atoms with E-state index in [9.17, 15) is 10.2 Å². The van der Waals surface area contributed by atoms with E-state index in [1.807, 2.05) is 0 Å². The predicted molar refractivity (Wildman–Crippen MR) is 36.2 cm³/mol. The zero-order valence-electron chi connectivity index (χ0n) is 5.77. The van der Waals surface area contributed by atoms with Gasteiger partial charge in [-0.2, -0.15) is 0 Å². The summed E-state index contributed by atoms with van der Waals surface area (Å²) in [6.07, 6.45) is 0.969. The molecule has 5 atom stereocenters. The van der Waals surface area contributed by atoms with Crippen LogP contribution in [0.5, 0.6) is 0 Å². The summed E-state index contributed by atoms with van der Waals surface area (Å²) >= 11 is 0. The largest absolute Gasteiger partial charge is 0.393 e. The highest BCUT2D eigenvalue weighted by Gasteiger charge is 2.51. The third-order valence-electron chi connectivity index (χ3n) is 2.94. The first-order valence-corrected chi connectivity index (χ1v) is 3.82. The Labute approximate surface area is 59.8 Å². The van der Waals surface area contributed by atoms with Crippen molar-refractivity contribution in [3.05, 3.63) is 0 Å². The number of hydrogen-bond donors (Lipinski definition) is 3. The SMILES string of the molecule is NC1CC2CC(O)C1C2O. The fourth-order valence-corrected chi connectivity index (χ4v) is 2.43. The second-order valence-electron chi connectivity index (χ2n) is 3.53. The van der Waals surface area contributed by atoms with Crippen LogP contribution in [0, 0.1) is 11.8 Å². The van der Waals surface area contributed by atoms with Crippen molar-refractivity contribution < 1.29 is 10.2 Å². The first kappa shape index (κ1) is 6.58. The second kappa shape index (κ2) is 1.94. The lowest BCUT2D eigenvalue weighted by atomic mass is 9.94. The highest BCUT2D eigenvalue weighted by Crippen LogP contribution is 2.43. The molecule has 0 aliphatic heterocycles. The van der Waals surface area contributed by atoms with Crippen molar-refractivity contribution >= 4 is 0 Å². The Morgan fingerprint density at radius 1 is 1.20 bits per heavy atom. The topological polar surface area (TPSA) is 66.5 Å². The van der Waals surface area contributed by atoms with Gasteiger partial charge in [0.2, 0.25) is 0 Å². The summed E-state index contributed by atoms with van der Waals surface area (Å²) in [6, 6.07) is 0.0312. The van der Waals surface area contributed by atoms with E-state index >= 15 is 0 Å². The summed E-state index contributed by atoms with van der Waals surface area (Å²) in [7, 11) is 0. The van der Waals surface area contributed by atoms with Crippen molar-refractivity contribution in [2.75, 3.05) is 0 Å². The van der Waals surface area contributed by atoms with Gasteiger partial charge in [0, 0.05) is 12.0 Å². The third-order valence-corrected chi connectivity index (χ3v) is 2.94. The van der Waals surface area contributed by atoms with E-state index in [2.05, 4.69) is 0 Å². The summed E-state index contributed by atoms with van der Waals surface area (Å²) in [5, 5.41) is 18.7. The summed E-state index contributed by atoms with van der Waals surface area (Å²) in [5.74, 6) is 0.236. The average molecular weight is 143 g/mol. The van der Waals surface area contributed by atoms with E-state index in [-0.39, 0.29) is 30.1 Å². The van der Waals surface area contributed by atoms with E-state index in [0.717, 1.165) is 12.8 Å². The van der Waals surface area contributed by atoms with Crippen LogP contribution >= 0.6 is 0 Å². The maximum atomic E-state index is 9.43. The van der Waals surface area contributed by atoms with Gasteiger partial charge in [0.05, 0.1) is 12.2 Å². The van der Waals surface area contributed by atoms with Gasteiger partial charge in [0.15, 0.2) is 0 Å². The van der Waals surface area contributed by atoms with E-state index in [1.54, 1.807) is 0 Å². The first-order chi connectivity index (χ1) is 4.70. The molecule has 0 aromatic rings. The molecule has 2 bridgehead atoms. The first-order valence-electron chi connectivity index (χ1n) is 3.82. The Bertz CT molecular complexity index is 139. The molecule has 4 N–H and O–H groups in total. The van der Waals surface area contributed by atoms with E-state index in [4.69, 9.17) is 5.73 Å². The lowest BCUT2D eigenvalue weighted by Gasteiger charge is -2.21. The number of fused-ring (bicyclic) bond motifs is 2. The Morgan fingerprint density at radius 3 is 2.20 bits per heavy atom. The van der Waals surface area contributed by atoms with Gasteiger partial charge in [-0.15, -0.1) is 0 Å². The number of rotatable bonds is 0. The van der Waals surface area contributed by atoms with Crippen molar-refractivity contribution in [3.8, 4) is 0 Å². The molecule has 5 unspecified atom stereocenters. The van der Waals surface area contributed by atoms with Crippen molar-refractivity contribution in [1.29, 1.82) is 0 Å². The Kier molecular flexibility index (Phi) is 1.27. The summed E-state index contributed by atoms with van der Waals surface area (Å²) in [4.78, 5) is 0. The number of hydrogen-bond acceptors (Lipinski definition) is 3. The van der Waals surface area contributed by atoms with Crippen LogP contribution < -0.4 is 5.73 Å². The molecule has 2 aliphatic carbocycles. The molecule has 10 heavy (non-hydrogen) atoms. The fourth-order valence-electron chi connectivity index (χ4n) is 2.43. The van der Waals surface area contributed by atoms with Crippen molar-refractivity contribution in [2.24, 2.45) is 17.6 Å². The van der Waals surface area contributed by atoms with Gasteiger partial charge >= 0.3 is 0 Å². The van der Waals surface area contributed by atoms with Crippen LogP contribution in [-0.4, -0.2) is 28.5 Å². The molecule has 3 nitrogen and oxygen atoms in total. The van der Waals surface area contributed by atoms with Gasteiger partial charge in [0.1, 0.15) is 0 Å². The molecule has 0 radical (unpaired) electrons. The third kappa shape index (κ3) is 0.654. The molecule has 3 heteroatoms. The normalized spacial score (nSPS) is 59.7. The molecular weight excluding hydrogens is 130 g/mol. The minimum atomic E-state index is -0.344. The molecule has 2 rings (SSSR count). The average Bonchev–Trinajstić information content (AvgIpc) is 2.20. The molecule has 0 saturated heterocycles. The monoisotopic (exact) mass is 143 g/mol. The molecule has 58 valence electrons. The minimum Gasteiger partial charge on any atom is -0.393 e. The lowest BCUT2D eigenvalue weighted by Crippen LogP contribution is -2.37. The second-order valence-corrected chi connectivity index (χ2v) is 3.53. The van der Waals surface area contributed by atoms with Crippen LogP contribution in [0.2, 0.25) is 0 Å². The van der Waals surface area contributed by atoms with Crippen LogP contribution in [0.15, 0.2) is 0 Å². The van der Waals surface area contributed by atoms with E-state index in [0.29, 0.717) is 0 Å². The molecule has 0 heterocycles. The molecular formula is C7H13NO2. The van der Waals surface area contributed by atoms with Crippen molar-refractivity contribution in [1.82, 2.24) is 0 Å². The lowest BCUT2D eigenvalue weighted by molar-refractivity contribution is 0.0653. The fraction of sp³-hybridized carbons (Fsp3) is 1.00. The maximum Gasteiger partial charge on any atom is 0.0637 e. The Hall–Kier alpha value is -0.120. The van der Waals surface area contributed by atoms with Gasteiger partial charge in [-0.05, 0) is 18.8 Å². The van der Waals surface area contributed by atoms with Crippen LogP contribution in [0.3, 0.4) is 0 Å². The molecule has 2 aliphatic rings. The molecule has 2 fully saturated rings. The van der Waals surface area contributed by atoms with Gasteiger partial charge < -0.3 is 15.9 Å². The molecule has 0 aromatic heterocycles. The molecule has 2 saturated carbocycles. The zero-order chi connectivity index (χ0) is 7.30. The van der Waals surface area contributed by atoms with Crippen LogP contribution in [0.25, 0.3) is 0 Å². The molecule has 0 spiro atoms. The smallest absolute Gasteiger partial charge is 0.0637 e. The maximum absolute atomic E-state index is 9.43. The number of aliphatic hydroxyl groups excluding tert-OH is 2. The number of aliphatic hydroxyl groups is 2. The van der Waals surface area contributed by atoms with Crippen LogP contribution in [0.1, 0.15) is 12.8 Å².